The van der Waals surface area contributed by atoms with Gasteiger partial charge in [0.15, 0.2) is 0 Å². The predicted molar refractivity (Wildman–Crippen MR) is 106 cm³/mol. The maximum Gasteiger partial charge on any atom is 0.313 e. The highest BCUT2D eigenvalue weighted by Gasteiger charge is 2.46. The van der Waals surface area contributed by atoms with E-state index in [4.69, 9.17) is 4.74 Å². The van der Waals surface area contributed by atoms with Gasteiger partial charge >= 0.3 is 5.97 Å². The topological polar surface area (TPSA) is 66.8 Å². The highest BCUT2D eigenvalue weighted by atomic mass is 16.5. The van der Waals surface area contributed by atoms with Gasteiger partial charge in [-0.1, -0.05) is 49.6 Å². The molecule has 5 nitrogen and oxygen atoms in total. The van der Waals surface area contributed by atoms with Crippen LogP contribution >= 0.6 is 0 Å². The van der Waals surface area contributed by atoms with E-state index in [-0.39, 0.29) is 11.9 Å². The first-order valence-corrected chi connectivity index (χ1v) is 9.90. The maximum absolute atomic E-state index is 13.5. The number of hydrogen-bond donors (Lipinski definition) is 1. The smallest absolute Gasteiger partial charge is 0.313 e. The van der Waals surface area contributed by atoms with Gasteiger partial charge in [0.2, 0.25) is 0 Å². The van der Waals surface area contributed by atoms with Crippen LogP contribution in [0.4, 0.5) is 0 Å². The highest BCUT2D eigenvalue weighted by molar-refractivity contribution is 6.00. The molecular formula is C23H25NO4. The van der Waals surface area contributed by atoms with Gasteiger partial charge in [0.1, 0.15) is 11.7 Å². The molecule has 1 amide bonds. The third-order valence-corrected chi connectivity index (χ3v) is 6.07. The number of hydrogen-bond acceptors (Lipinski definition) is 3. The van der Waals surface area contributed by atoms with Crippen molar-refractivity contribution >= 4 is 11.9 Å². The van der Waals surface area contributed by atoms with E-state index in [0.29, 0.717) is 16.9 Å². The summed E-state index contributed by atoms with van der Waals surface area (Å²) in [6.45, 7) is 0. The minimum absolute atomic E-state index is 0.0548. The van der Waals surface area contributed by atoms with Crippen LogP contribution in [-0.2, 0) is 4.79 Å². The summed E-state index contributed by atoms with van der Waals surface area (Å²) in [5.41, 5.74) is 1.96. The Labute approximate surface area is 164 Å². The number of benzene rings is 2. The molecule has 0 spiro atoms. The second kappa shape index (κ2) is 7.66. The number of amides is 1. The summed E-state index contributed by atoms with van der Waals surface area (Å²) >= 11 is 0. The predicted octanol–water partition coefficient (Wildman–Crippen LogP) is 4.39. The van der Waals surface area contributed by atoms with Crippen LogP contribution < -0.4 is 4.74 Å². The normalized spacial score (nSPS) is 22.6. The van der Waals surface area contributed by atoms with Crippen LogP contribution in [0.5, 0.6) is 5.75 Å². The van der Waals surface area contributed by atoms with Crippen LogP contribution in [0.2, 0.25) is 0 Å². The fourth-order valence-electron chi connectivity index (χ4n) is 4.73. The number of carbonyl (C=O) groups is 2. The molecule has 2 aromatic rings. The van der Waals surface area contributed by atoms with E-state index in [0.717, 1.165) is 31.2 Å². The number of aliphatic carboxylic acids is 1. The number of carbonyl (C=O) groups excluding carboxylic acids is 1. The number of nitrogens with zero attached hydrogens (tertiary/aromatic N) is 1. The summed E-state index contributed by atoms with van der Waals surface area (Å²) in [5.74, 6) is -1.03. The first kappa shape index (κ1) is 18.5. The molecule has 0 saturated heterocycles. The van der Waals surface area contributed by atoms with Crippen LogP contribution in [0.1, 0.15) is 65.5 Å². The van der Waals surface area contributed by atoms with Gasteiger partial charge in [0.25, 0.3) is 5.91 Å². The number of carboxylic acid groups (broad SMARTS) is 1. The zero-order chi connectivity index (χ0) is 19.7. The molecule has 1 saturated carbocycles. The Hall–Kier alpha value is -2.82. The largest absolute Gasteiger partial charge is 0.497 e. The standard InChI is InChI=1S/C23H25NO4/c1-28-17-13-11-15(12-14-17)21-20(23(26)27)18-9-5-6-10-19(18)22(25)24(21)16-7-3-2-4-8-16/h5-6,9-14,16,20-21H,2-4,7-8H2,1H3,(H,26,27)/t20-,21+/m0/s1. The van der Waals surface area contributed by atoms with Gasteiger partial charge in [-0.25, -0.2) is 0 Å². The van der Waals surface area contributed by atoms with Crippen LogP contribution in [0, 0.1) is 0 Å². The monoisotopic (exact) mass is 379 g/mol. The number of ether oxygens (including phenoxy) is 1. The Morgan fingerprint density at radius 3 is 2.36 bits per heavy atom. The molecule has 1 fully saturated rings. The van der Waals surface area contributed by atoms with Crippen molar-refractivity contribution in [3.8, 4) is 5.75 Å². The van der Waals surface area contributed by atoms with Crippen molar-refractivity contribution in [3.05, 3.63) is 65.2 Å². The number of fused-ring (bicyclic) bond motifs is 1. The van der Waals surface area contributed by atoms with E-state index >= 15 is 0 Å². The fraction of sp³-hybridized carbons (Fsp3) is 0.391. The average molecular weight is 379 g/mol. The SMILES string of the molecule is COc1ccc([C@@H]2[C@@H](C(=O)O)c3ccccc3C(=O)N2C2CCCCC2)cc1. The summed E-state index contributed by atoms with van der Waals surface area (Å²) in [5, 5.41) is 10.2. The van der Waals surface area contributed by atoms with Gasteiger partial charge in [-0.05, 0) is 42.2 Å². The zero-order valence-electron chi connectivity index (χ0n) is 16.0. The van der Waals surface area contributed by atoms with Crippen LogP contribution in [-0.4, -0.2) is 35.0 Å². The third kappa shape index (κ3) is 3.15. The number of methoxy groups -OCH3 is 1. The van der Waals surface area contributed by atoms with Crippen molar-refractivity contribution < 1.29 is 19.4 Å². The number of rotatable bonds is 4. The van der Waals surface area contributed by atoms with Crippen molar-refractivity contribution in [1.82, 2.24) is 4.90 Å². The minimum Gasteiger partial charge on any atom is -0.497 e. The highest BCUT2D eigenvalue weighted by Crippen LogP contribution is 2.45. The van der Waals surface area contributed by atoms with Gasteiger partial charge in [-0.15, -0.1) is 0 Å². The van der Waals surface area contributed by atoms with Crippen molar-refractivity contribution in [2.45, 2.75) is 50.1 Å². The lowest BCUT2D eigenvalue weighted by molar-refractivity contribution is -0.141. The van der Waals surface area contributed by atoms with Crippen LogP contribution in [0.3, 0.4) is 0 Å². The van der Waals surface area contributed by atoms with Gasteiger partial charge in [0, 0.05) is 11.6 Å². The summed E-state index contributed by atoms with van der Waals surface area (Å²) < 4.78 is 5.25. The molecule has 5 heteroatoms. The fourth-order valence-corrected chi connectivity index (χ4v) is 4.73. The Balaban J connectivity index is 1.87. The summed E-state index contributed by atoms with van der Waals surface area (Å²) in [4.78, 5) is 27.8. The van der Waals surface area contributed by atoms with Crippen molar-refractivity contribution in [1.29, 1.82) is 0 Å². The number of carboxylic acids is 1. The molecule has 146 valence electrons. The van der Waals surface area contributed by atoms with Crippen LogP contribution in [0.25, 0.3) is 0 Å². The maximum atomic E-state index is 13.5. The van der Waals surface area contributed by atoms with E-state index in [9.17, 15) is 14.7 Å². The van der Waals surface area contributed by atoms with E-state index in [1.807, 2.05) is 41.3 Å². The van der Waals surface area contributed by atoms with Crippen LogP contribution in [0.15, 0.2) is 48.5 Å². The molecular weight excluding hydrogens is 354 g/mol. The van der Waals surface area contributed by atoms with Gasteiger partial charge in [-0.2, -0.15) is 0 Å². The first-order chi connectivity index (χ1) is 13.6. The van der Waals surface area contributed by atoms with Gasteiger partial charge in [0.05, 0.1) is 13.2 Å². The minimum atomic E-state index is -0.901. The Kier molecular flexibility index (Phi) is 5.07. The van der Waals surface area contributed by atoms with E-state index < -0.39 is 17.9 Å². The van der Waals surface area contributed by atoms with Crippen molar-refractivity contribution in [2.75, 3.05) is 7.11 Å². The lowest BCUT2D eigenvalue weighted by Gasteiger charge is -2.46. The molecule has 2 aliphatic rings. The molecule has 28 heavy (non-hydrogen) atoms. The molecule has 4 rings (SSSR count). The molecule has 1 aliphatic carbocycles. The zero-order valence-corrected chi connectivity index (χ0v) is 16.0. The molecule has 1 N–H and O–H groups in total. The summed E-state index contributed by atoms with van der Waals surface area (Å²) in [6, 6.07) is 14.1. The van der Waals surface area contributed by atoms with Gasteiger partial charge in [-0.3, -0.25) is 9.59 Å². The lowest BCUT2D eigenvalue weighted by atomic mass is 9.77. The van der Waals surface area contributed by atoms with Crippen molar-refractivity contribution in [3.63, 3.8) is 0 Å². The molecule has 0 bridgehead atoms. The summed E-state index contributed by atoms with van der Waals surface area (Å²) in [6.07, 6.45) is 5.16. The quantitative estimate of drug-likeness (QED) is 0.855. The second-order valence-electron chi connectivity index (χ2n) is 7.63. The first-order valence-electron chi connectivity index (χ1n) is 9.90. The van der Waals surface area contributed by atoms with Crippen molar-refractivity contribution in [2.24, 2.45) is 0 Å². The van der Waals surface area contributed by atoms with E-state index in [1.54, 1.807) is 19.2 Å². The molecule has 2 aromatic carbocycles. The molecule has 0 aromatic heterocycles. The van der Waals surface area contributed by atoms with Gasteiger partial charge < -0.3 is 14.7 Å². The third-order valence-electron chi connectivity index (χ3n) is 6.07. The average Bonchev–Trinajstić information content (AvgIpc) is 2.74. The molecule has 0 unspecified atom stereocenters. The molecule has 2 atom stereocenters. The summed E-state index contributed by atoms with van der Waals surface area (Å²) in [7, 11) is 1.60. The Morgan fingerprint density at radius 1 is 1.04 bits per heavy atom. The van der Waals surface area contributed by atoms with E-state index in [2.05, 4.69) is 0 Å². The molecule has 0 radical (unpaired) electrons. The molecule has 1 heterocycles. The van der Waals surface area contributed by atoms with E-state index in [1.165, 1.54) is 6.42 Å². The Morgan fingerprint density at radius 2 is 1.71 bits per heavy atom. The lowest BCUT2D eigenvalue weighted by Crippen LogP contribution is -2.50. The molecule has 1 aliphatic heterocycles. The second-order valence-corrected chi connectivity index (χ2v) is 7.63. The Bertz CT molecular complexity index is 870.